The number of aromatic nitrogens is 4. The molecular formula is C79H96N12O22S2. The zero-order chi connectivity index (χ0) is 82.5. The van der Waals surface area contributed by atoms with Gasteiger partial charge < -0.3 is 85.6 Å². The summed E-state index contributed by atoms with van der Waals surface area (Å²) in [5.41, 5.74) is 5.30. The number of likely N-dealkylation sites (N-methyl/N-ethyl adjacent to an activating group) is 1. The van der Waals surface area contributed by atoms with Crippen LogP contribution < -0.4 is 26.2 Å². The van der Waals surface area contributed by atoms with Crippen LogP contribution in [0.3, 0.4) is 0 Å². The second kappa shape index (κ2) is 33.0. The first kappa shape index (κ1) is 83.1. The van der Waals surface area contributed by atoms with E-state index in [0.29, 0.717) is 64.8 Å². The van der Waals surface area contributed by atoms with Crippen LogP contribution in [0.5, 0.6) is 0 Å². The van der Waals surface area contributed by atoms with Crippen molar-refractivity contribution >= 4 is 102 Å². The number of aliphatic hydroxyl groups is 4. The molecule has 36 heteroatoms. The van der Waals surface area contributed by atoms with Crippen molar-refractivity contribution in [2.45, 2.75) is 186 Å². The number of anilines is 3. The molecule has 6 aromatic rings. The smallest absolute Gasteiger partial charge is 0.409 e. The number of hydrogen-bond donors (Lipinski definition) is 11. The van der Waals surface area contributed by atoms with E-state index in [-0.39, 0.29) is 73.3 Å². The number of thiazole rings is 1. The van der Waals surface area contributed by atoms with Crippen molar-refractivity contribution < 1.29 is 106 Å². The summed E-state index contributed by atoms with van der Waals surface area (Å²) >= 11 is 1.45. The summed E-state index contributed by atoms with van der Waals surface area (Å²) in [7, 11) is -2.85. The van der Waals surface area contributed by atoms with Crippen molar-refractivity contribution in [1.82, 2.24) is 45.1 Å². The highest BCUT2D eigenvalue weighted by Crippen LogP contribution is 2.78. The molecular weight excluding hydrogens is 1530 g/mol. The summed E-state index contributed by atoms with van der Waals surface area (Å²) in [5, 5.41) is 80.8. The van der Waals surface area contributed by atoms with E-state index in [4.69, 9.17) is 29.0 Å². The first-order valence-electron chi connectivity index (χ1n) is 38.2. The van der Waals surface area contributed by atoms with Gasteiger partial charge in [0.1, 0.15) is 48.9 Å². The zero-order valence-corrected chi connectivity index (χ0v) is 66.2. The van der Waals surface area contributed by atoms with Gasteiger partial charge in [-0.15, -0.1) is 0 Å². The third kappa shape index (κ3) is 17.5. The molecule has 2 saturated heterocycles. The Morgan fingerprint density at radius 1 is 0.843 bits per heavy atom. The molecule has 7 amide bonds. The number of rotatable bonds is 32. The fourth-order valence-electron chi connectivity index (χ4n) is 18.5. The molecule has 5 unspecified atom stereocenters. The van der Waals surface area contributed by atoms with Crippen molar-refractivity contribution in [3.05, 3.63) is 130 Å². The topological polar surface area (TPSA) is 471 Å². The van der Waals surface area contributed by atoms with Gasteiger partial charge in [0.15, 0.2) is 23.2 Å². The maximum absolute atomic E-state index is 13.9. The number of carboxylic acids is 2. The lowest BCUT2D eigenvalue weighted by Gasteiger charge is -2.46. The molecule has 0 radical (unpaired) electrons. The van der Waals surface area contributed by atoms with Crippen LogP contribution in [0.25, 0.3) is 21.3 Å². The number of benzene rings is 3. The fourth-order valence-corrected chi connectivity index (χ4v) is 19.8. The van der Waals surface area contributed by atoms with E-state index >= 15 is 0 Å². The van der Waals surface area contributed by atoms with Gasteiger partial charge in [0, 0.05) is 79.9 Å². The number of fused-ring (bicyclic) bond motifs is 2. The molecule has 8 aliphatic rings. The second-order valence-corrected chi connectivity index (χ2v) is 35.1. The van der Waals surface area contributed by atoms with Crippen LogP contribution in [-0.4, -0.2) is 244 Å². The summed E-state index contributed by atoms with van der Waals surface area (Å²) in [6, 6.07) is 17.0. The molecule has 6 fully saturated rings. The van der Waals surface area contributed by atoms with Crippen LogP contribution in [0.1, 0.15) is 130 Å². The second-order valence-electron chi connectivity index (χ2n) is 32.5. The summed E-state index contributed by atoms with van der Waals surface area (Å²) in [6.07, 6.45) is -2.35. The van der Waals surface area contributed by atoms with E-state index in [1.165, 1.54) is 35.3 Å². The molecule has 616 valence electrons. The quantitative estimate of drug-likeness (QED) is 0.0120. The molecule has 115 heavy (non-hydrogen) atoms. The number of ether oxygens (including phenoxy) is 4. The molecule has 3 aromatic heterocycles. The predicted octanol–water partition coefficient (Wildman–Crippen LogP) is 4.49. The number of para-hydroxylation sites is 1. The van der Waals surface area contributed by atoms with Crippen LogP contribution in [0, 0.1) is 29.1 Å². The Bertz CT molecular complexity index is 4910. The van der Waals surface area contributed by atoms with E-state index in [0.717, 1.165) is 81.1 Å². The lowest BCUT2D eigenvalue weighted by molar-refractivity contribution is -0.228. The van der Waals surface area contributed by atoms with Gasteiger partial charge in [-0.2, -0.15) is 13.5 Å². The summed E-state index contributed by atoms with van der Waals surface area (Å²) in [4.78, 5) is 134. The molecule has 4 bridgehead atoms. The number of carbonyl (C=O) groups excluding carboxylic acids is 7. The Morgan fingerprint density at radius 2 is 1.60 bits per heavy atom. The van der Waals surface area contributed by atoms with Crippen molar-refractivity contribution in [2.24, 2.45) is 22.2 Å². The van der Waals surface area contributed by atoms with Gasteiger partial charge >= 0.3 is 18.0 Å². The number of aliphatic carboxylic acids is 1. The highest BCUT2D eigenvalue weighted by atomic mass is 32.2. The van der Waals surface area contributed by atoms with Gasteiger partial charge in [-0.1, -0.05) is 75.4 Å². The normalized spacial score (nSPS) is 26.3. The molecule has 14 atom stereocenters. The minimum absolute atomic E-state index is 0.0341. The van der Waals surface area contributed by atoms with Gasteiger partial charge in [0.05, 0.1) is 66.3 Å². The van der Waals surface area contributed by atoms with Crippen LogP contribution >= 0.6 is 11.3 Å². The Kier molecular flexibility index (Phi) is 23.8. The molecule has 7 heterocycles. The highest BCUT2D eigenvalue weighted by Gasteiger charge is 2.74. The third-order valence-corrected chi connectivity index (χ3v) is 25.5. The fraction of sp³-hybridized carbons (Fsp3) is 0.519. The molecule has 34 nitrogen and oxygen atoms in total. The SMILES string of the molecule is Cc1c(-c2ccc(N3CCc4cccc(C(O)Nc5nc6ccccc6s5)c4C3)nc2C(=O)O)cnn1CC12CC3(C)CC(OCCN(C)C(=O)OCc4ccc(NC(=O)[C@H](C)NC(=O)[C@@H](NC(=O)CN5C(=O)[C@@H](N6C(=O)C=CC6=O)C[C@H]5COCCS(=O)(=O)O)C(C)C)cc4CC[C@@H]4O[C@H](C(=O)O)[C@@H](O)[C@H](O)[C@H]4O)(CC1(C)C3)C2. The monoisotopic (exact) mass is 1630 g/mol. The van der Waals surface area contributed by atoms with Crippen LogP contribution in [0.2, 0.25) is 0 Å². The number of nitrogens with one attached hydrogen (secondary N) is 4. The Labute approximate surface area is 666 Å². The number of hydrogen-bond acceptors (Lipinski definition) is 25. The van der Waals surface area contributed by atoms with Crippen LogP contribution in [0.4, 0.5) is 21.4 Å². The number of imide groups is 1. The average molecular weight is 1630 g/mol. The average Bonchev–Trinajstić information content (AvgIpc) is 1.50. The standard InChI is InChI=1S/C79H96N12O22S2/c1-42(2)62(85-59(92)33-89-49(35-110-27-28-115(107,108)109)30-55(71(89)101)91-60(93)21-22-61(91)94)70(100)81-43(3)68(98)82-48-17-15-47(46(29-48)16-19-56-64(95)65(96)66(97)67(113-56)73(104)105)34-111-75(106)87(7)25-26-112-79-38-76(5)36-77(6,39-79)78(37-76,40-79)41-90-44(4)52(31-80-90)50-18-20-58(84-63(50)72(102)103)88-24-23-45-11-10-12-51(53(45)32-88)69(99)86-74-83-54-13-8-9-14-57(54)114-74/h8-15,17-18,20-22,29,31,42-43,49,55-56,62,64-67,69,95-97,99H,16,19,23-28,30,32-41H2,1-7H3,(H,81,100)(H,82,98)(H,83,86)(H,85,92)(H,102,103)(H,104,105)(H,107,108,109)/t43-,49-,55-,56-,62-,64-,65+,66-,67-,69?,76?,77?,78?,79?/m0/s1. The highest BCUT2D eigenvalue weighted by molar-refractivity contribution is 7.85. The lowest BCUT2D eigenvalue weighted by Crippen LogP contribution is -2.59. The molecule has 4 aliphatic carbocycles. The van der Waals surface area contributed by atoms with Gasteiger partial charge in [0.25, 0.3) is 21.9 Å². The minimum Gasteiger partial charge on any atom is -0.479 e. The van der Waals surface area contributed by atoms with Gasteiger partial charge in [-0.25, -0.2) is 24.4 Å². The largest absolute Gasteiger partial charge is 0.479 e. The van der Waals surface area contributed by atoms with E-state index in [9.17, 15) is 86.8 Å². The van der Waals surface area contributed by atoms with Gasteiger partial charge in [-0.3, -0.25) is 42.9 Å². The van der Waals surface area contributed by atoms with Crippen LogP contribution in [-0.2, 0) is 95.2 Å². The number of aryl methyl sites for hydroxylation is 1. The Hall–Kier alpha value is -9.89. The van der Waals surface area contributed by atoms with Crippen molar-refractivity contribution in [1.29, 1.82) is 0 Å². The third-order valence-electron chi connectivity index (χ3n) is 23.8. The lowest BCUT2D eigenvalue weighted by atomic mass is 9.65. The number of carbonyl (C=O) groups is 9. The number of amides is 7. The summed E-state index contributed by atoms with van der Waals surface area (Å²) in [5.74, 6) is -8.39. The molecule has 11 N–H and O–H groups in total. The Morgan fingerprint density at radius 3 is 2.32 bits per heavy atom. The minimum atomic E-state index is -4.42. The van der Waals surface area contributed by atoms with Crippen LogP contribution in [0.15, 0.2) is 91.1 Å². The predicted molar refractivity (Wildman–Crippen MR) is 414 cm³/mol. The van der Waals surface area contributed by atoms with E-state index in [1.54, 1.807) is 39.2 Å². The molecule has 4 aliphatic heterocycles. The van der Waals surface area contributed by atoms with E-state index in [2.05, 4.69) is 40.1 Å². The summed E-state index contributed by atoms with van der Waals surface area (Å²) in [6.45, 7) is 11.1. The molecule has 14 rings (SSSR count). The maximum Gasteiger partial charge on any atom is 0.409 e. The molecule has 3 aromatic carbocycles. The van der Waals surface area contributed by atoms with E-state index < -0.39 is 155 Å². The maximum atomic E-state index is 13.9. The van der Waals surface area contributed by atoms with E-state index in [1.807, 2.05) is 65.0 Å². The first-order valence-corrected chi connectivity index (χ1v) is 40.6. The summed E-state index contributed by atoms with van der Waals surface area (Å²) < 4.78 is 58.7. The number of nitrogens with zero attached hydrogens (tertiary/aromatic N) is 8. The van der Waals surface area contributed by atoms with Crippen molar-refractivity contribution in [2.75, 3.05) is 67.8 Å². The number of aromatic carboxylic acids is 1. The van der Waals surface area contributed by atoms with Gasteiger partial charge in [0.2, 0.25) is 23.6 Å². The zero-order valence-electron chi connectivity index (χ0n) is 64.6. The van der Waals surface area contributed by atoms with Crippen molar-refractivity contribution in [3.8, 4) is 11.1 Å². The molecule has 0 spiro atoms. The number of aliphatic hydroxyl groups excluding tert-OH is 4. The molecule has 4 saturated carbocycles. The van der Waals surface area contributed by atoms with Gasteiger partial charge in [-0.05, 0) is 146 Å². The number of likely N-dealkylation sites (tertiary alicyclic amines) is 1. The Balaban J connectivity index is 0.631. The first-order chi connectivity index (χ1) is 54.4. The number of carboxylic acid groups (broad SMARTS) is 2. The number of pyridine rings is 1. The van der Waals surface area contributed by atoms with Crippen molar-refractivity contribution in [3.63, 3.8) is 0 Å².